The van der Waals surface area contributed by atoms with Crippen molar-refractivity contribution in [2.75, 3.05) is 0 Å². The van der Waals surface area contributed by atoms with Crippen molar-refractivity contribution >= 4 is 11.0 Å². The molecule has 2 rings (SSSR count). The molecule has 11 heavy (non-hydrogen) atoms. The largest absolute Gasteiger partial charge is 0.463 e. The van der Waals surface area contributed by atoms with E-state index in [1.54, 1.807) is 6.26 Å². The second kappa shape index (κ2) is 2.17. The minimum absolute atomic E-state index is 0.820. The van der Waals surface area contributed by atoms with Gasteiger partial charge in [-0.15, -0.1) is 6.42 Å². The zero-order valence-electron chi connectivity index (χ0n) is 5.87. The van der Waals surface area contributed by atoms with Gasteiger partial charge in [-0.05, 0) is 12.1 Å². The third kappa shape index (κ3) is 0.805. The molecule has 0 unspecified atom stereocenters. The summed E-state index contributed by atoms with van der Waals surface area (Å²) in [5.74, 6) is 2.56. The van der Waals surface area contributed by atoms with E-state index in [1.165, 1.54) is 0 Å². The molecule has 0 aliphatic heterocycles. The van der Waals surface area contributed by atoms with Crippen LogP contribution < -0.4 is 0 Å². The normalized spacial score (nSPS) is 9.73. The zero-order valence-corrected chi connectivity index (χ0v) is 5.87. The number of furan rings is 1. The van der Waals surface area contributed by atoms with Crippen LogP contribution in [0.4, 0.5) is 0 Å². The van der Waals surface area contributed by atoms with E-state index in [9.17, 15) is 0 Å². The van der Waals surface area contributed by atoms with Gasteiger partial charge in [-0.25, -0.2) is 0 Å². The minimum Gasteiger partial charge on any atom is -0.463 e. The lowest BCUT2D eigenvalue weighted by molar-refractivity contribution is 0.615. The number of hydrogen-bond donors (Lipinski definition) is 0. The van der Waals surface area contributed by atoms with Crippen LogP contribution in [0.1, 0.15) is 5.56 Å². The highest BCUT2D eigenvalue weighted by Crippen LogP contribution is 2.18. The summed E-state index contributed by atoms with van der Waals surface area (Å²) in [7, 11) is 0. The lowest BCUT2D eigenvalue weighted by atomic mass is 10.2. The second-order valence-electron chi connectivity index (χ2n) is 2.29. The van der Waals surface area contributed by atoms with Gasteiger partial charge in [-0.3, -0.25) is 0 Å². The summed E-state index contributed by atoms with van der Waals surface area (Å²) in [6.45, 7) is 0. The second-order valence-corrected chi connectivity index (χ2v) is 2.29. The predicted octanol–water partition coefficient (Wildman–Crippen LogP) is 2.41. The van der Waals surface area contributed by atoms with Crippen LogP contribution in [0.2, 0.25) is 0 Å². The van der Waals surface area contributed by atoms with Crippen LogP contribution >= 0.6 is 0 Å². The fraction of sp³-hybridized carbons (Fsp3) is 0. The smallest absolute Gasteiger partial charge is 0.135 e. The van der Waals surface area contributed by atoms with Gasteiger partial charge in [0.25, 0.3) is 0 Å². The van der Waals surface area contributed by atoms with Gasteiger partial charge in [0.15, 0.2) is 0 Å². The molecule has 1 heteroatoms. The fourth-order valence-corrected chi connectivity index (χ4v) is 1.09. The highest BCUT2D eigenvalue weighted by molar-refractivity contribution is 5.83. The van der Waals surface area contributed by atoms with Gasteiger partial charge in [0.2, 0.25) is 0 Å². The maximum atomic E-state index is 5.25. The fourth-order valence-electron chi connectivity index (χ4n) is 1.09. The number of benzene rings is 1. The number of fused-ring (bicyclic) bond motifs is 1. The van der Waals surface area contributed by atoms with E-state index in [2.05, 4.69) is 5.92 Å². The maximum absolute atomic E-state index is 5.25. The van der Waals surface area contributed by atoms with Crippen LogP contribution in [0.25, 0.3) is 11.0 Å². The van der Waals surface area contributed by atoms with Crippen molar-refractivity contribution in [2.45, 2.75) is 0 Å². The molecule has 1 aromatic heterocycles. The Hall–Kier alpha value is -1.68. The predicted molar refractivity (Wildman–Crippen MR) is 44.1 cm³/mol. The Kier molecular flexibility index (Phi) is 1.20. The van der Waals surface area contributed by atoms with Gasteiger partial charge in [-0.1, -0.05) is 18.1 Å². The third-order valence-corrected chi connectivity index (χ3v) is 1.64. The first-order valence-electron chi connectivity index (χ1n) is 3.34. The van der Waals surface area contributed by atoms with Crippen LogP contribution in [0, 0.1) is 12.3 Å². The molecule has 52 valence electrons. The van der Waals surface area contributed by atoms with Gasteiger partial charge in [0.05, 0.1) is 5.56 Å². The van der Waals surface area contributed by atoms with Crippen LogP contribution in [0.15, 0.2) is 34.9 Å². The highest BCUT2D eigenvalue weighted by Gasteiger charge is 1.99. The van der Waals surface area contributed by atoms with Gasteiger partial charge in [-0.2, -0.15) is 0 Å². The minimum atomic E-state index is 0.820. The molecular weight excluding hydrogens is 136 g/mol. The Bertz CT molecular complexity index is 418. The quantitative estimate of drug-likeness (QED) is 0.515. The number of terminal acetylenes is 1. The van der Waals surface area contributed by atoms with Crippen molar-refractivity contribution in [3.05, 3.63) is 36.1 Å². The monoisotopic (exact) mass is 142 g/mol. The molecule has 0 spiro atoms. The first-order chi connectivity index (χ1) is 5.42. The van der Waals surface area contributed by atoms with E-state index in [0.717, 1.165) is 16.5 Å². The van der Waals surface area contributed by atoms with Gasteiger partial charge in [0.1, 0.15) is 11.8 Å². The van der Waals surface area contributed by atoms with E-state index in [0.29, 0.717) is 0 Å². The molecule has 0 radical (unpaired) electrons. The van der Waals surface area contributed by atoms with E-state index < -0.39 is 0 Å². The lowest BCUT2D eigenvalue weighted by Gasteiger charge is -1.84. The highest BCUT2D eigenvalue weighted by atomic mass is 16.3. The molecule has 0 atom stereocenters. The molecule has 0 aliphatic carbocycles. The van der Waals surface area contributed by atoms with Crippen LogP contribution in [-0.4, -0.2) is 0 Å². The van der Waals surface area contributed by atoms with E-state index in [4.69, 9.17) is 10.8 Å². The Morgan fingerprint density at radius 3 is 2.91 bits per heavy atom. The van der Waals surface area contributed by atoms with Crippen LogP contribution in [0.5, 0.6) is 0 Å². The SMILES string of the molecule is C#Cc1coc2ccccc12. The lowest BCUT2D eigenvalue weighted by Crippen LogP contribution is -1.66. The number of hydrogen-bond acceptors (Lipinski definition) is 1. The van der Waals surface area contributed by atoms with Gasteiger partial charge in [0, 0.05) is 5.39 Å². The average molecular weight is 142 g/mol. The summed E-state index contributed by atoms with van der Waals surface area (Å²) >= 11 is 0. The van der Waals surface area contributed by atoms with Crippen molar-refractivity contribution < 1.29 is 4.42 Å². The molecule has 0 amide bonds. The van der Waals surface area contributed by atoms with Gasteiger partial charge >= 0.3 is 0 Å². The summed E-state index contributed by atoms with van der Waals surface area (Å²) in [5.41, 5.74) is 1.67. The van der Waals surface area contributed by atoms with Crippen molar-refractivity contribution in [2.24, 2.45) is 0 Å². The maximum Gasteiger partial charge on any atom is 0.135 e. The van der Waals surface area contributed by atoms with Crippen LogP contribution in [0.3, 0.4) is 0 Å². The molecule has 0 fully saturated rings. The molecular formula is C10H6O. The Morgan fingerprint density at radius 2 is 2.09 bits per heavy atom. The Morgan fingerprint density at radius 1 is 1.27 bits per heavy atom. The first-order valence-corrected chi connectivity index (χ1v) is 3.34. The summed E-state index contributed by atoms with van der Waals surface area (Å²) in [5, 5.41) is 1.01. The number of rotatable bonds is 0. The summed E-state index contributed by atoms with van der Waals surface area (Å²) < 4.78 is 5.20. The third-order valence-electron chi connectivity index (χ3n) is 1.64. The number of para-hydroxylation sites is 1. The topological polar surface area (TPSA) is 13.1 Å². The Balaban J connectivity index is 2.89. The molecule has 0 bridgehead atoms. The summed E-state index contributed by atoms with van der Waals surface area (Å²) in [4.78, 5) is 0. The van der Waals surface area contributed by atoms with Crippen LogP contribution in [-0.2, 0) is 0 Å². The van der Waals surface area contributed by atoms with Gasteiger partial charge < -0.3 is 4.42 Å². The molecule has 0 aliphatic rings. The molecule has 0 N–H and O–H groups in total. The van der Waals surface area contributed by atoms with Crippen molar-refractivity contribution in [3.63, 3.8) is 0 Å². The molecule has 1 aromatic carbocycles. The van der Waals surface area contributed by atoms with Crippen molar-refractivity contribution in [1.29, 1.82) is 0 Å². The zero-order chi connectivity index (χ0) is 7.68. The molecule has 2 aromatic rings. The molecule has 1 heterocycles. The summed E-state index contributed by atoms with van der Waals surface area (Å²) in [6, 6.07) is 7.72. The van der Waals surface area contributed by atoms with E-state index in [-0.39, 0.29) is 0 Å². The Labute approximate surface area is 64.6 Å². The average Bonchev–Trinajstić information content (AvgIpc) is 2.47. The van der Waals surface area contributed by atoms with Crippen molar-refractivity contribution in [3.8, 4) is 12.3 Å². The molecule has 1 nitrogen and oxygen atoms in total. The molecule has 0 saturated heterocycles. The van der Waals surface area contributed by atoms with E-state index >= 15 is 0 Å². The van der Waals surface area contributed by atoms with Crippen molar-refractivity contribution in [1.82, 2.24) is 0 Å². The van der Waals surface area contributed by atoms with E-state index in [1.807, 2.05) is 24.3 Å². The first kappa shape index (κ1) is 6.06. The summed E-state index contributed by atoms with van der Waals surface area (Å²) in [6.07, 6.45) is 6.85. The standard InChI is InChI=1S/C10H6O/c1-2-8-7-11-10-6-4-3-5-9(8)10/h1,3-7H. The molecule has 0 saturated carbocycles.